The Balaban J connectivity index is 1.81. The summed E-state index contributed by atoms with van der Waals surface area (Å²) in [4.78, 5) is 10.5. The molecule has 2 heterocycles. The Morgan fingerprint density at radius 3 is 2.92 bits per heavy atom. The van der Waals surface area contributed by atoms with Crippen LogP contribution in [-0.2, 0) is 21.3 Å². The Kier molecular flexibility index (Phi) is 5.20. The molecule has 0 unspecified atom stereocenters. The number of rotatable bonds is 7. The summed E-state index contributed by atoms with van der Waals surface area (Å²) in [6.07, 6.45) is 5.42. The van der Waals surface area contributed by atoms with Crippen molar-refractivity contribution in [1.29, 1.82) is 0 Å². The summed E-state index contributed by atoms with van der Waals surface area (Å²) >= 11 is 0. The highest BCUT2D eigenvalue weighted by atomic mass is 32.2. The van der Waals surface area contributed by atoms with Crippen LogP contribution in [0.15, 0.2) is 35.5 Å². The maximum atomic E-state index is 11.8. The van der Waals surface area contributed by atoms with Gasteiger partial charge in [0, 0.05) is 18.9 Å². The molecule has 2 N–H and O–H groups in total. The molecule has 1 fully saturated rings. The maximum Gasteiger partial charge on any atom is 0.294 e. The van der Waals surface area contributed by atoms with Crippen molar-refractivity contribution in [2.75, 3.05) is 19.0 Å². The molecule has 2 aromatic rings. The number of benzene rings is 1. The summed E-state index contributed by atoms with van der Waals surface area (Å²) in [7, 11) is -2.52. The van der Waals surface area contributed by atoms with Gasteiger partial charge < -0.3 is 10.1 Å². The first-order chi connectivity index (χ1) is 12.4. The molecule has 10 nitrogen and oxygen atoms in total. The van der Waals surface area contributed by atoms with Gasteiger partial charge in [0.2, 0.25) is 10.0 Å². The zero-order chi connectivity index (χ0) is 18.7. The standard InChI is InChI=1S/C15H19N5O5S/c1-16-26(23,24)13-4-5-14(15(7-13)20(21)22)18-11-8-17-19(9-11)10-12-3-2-6-25-12/h4-5,7-9,12,16,18H,2-3,6,10H2,1H3/t12-/m1/s1. The predicted molar refractivity (Wildman–Crippen MR) is 93.8 cm³/mol. The van der Waals surface area contributed by atoms with Gasteiger partial charge in [-0.05, 0) is 32.0 Å². The number of hydrogen-bond acceptors (Lipinski definition) is 7. The number of sulfonamides is 1. The molecular weight excluding hydrogens is 362 g/mol. The third kappa shape index (κ3) is 4.00. The van der Waals surface area contributed by atoms with E-state index in [0.717, 1.165) is 25.5 Å². The van der Waals surface area contributed by atoms with E-state index in [4.69, 9.17) is 4.74 Å². The average molecular weight is 381 g/mol. The fourth-order valence-electron chi connectivity index (χ4n) is 2.73. The van der Waals surface area contributed by atoms with Gasteiger partial charge in [-0.3, -0.25) is 14.8 Å². The molecule has 140 valence electrons. The van der Waals surface area contributed by atoms with Crippen LogP contribution >= 0.6 is 0 Å². The molecule has 0 radical (unpaired) electrons. The van der Waals surface area contributed by atoms with Crippen LogP contribution in [0.25, 0.3) is 0 Å². The lowest BCUT2D eigenvalue weighted by Crippen LogP contribution is -2.18. The van der Waals surface area contributed by atoms with E-state index in [2.05, 4.69) is 15.1 Å². The molecule has 0 saturated carbocycles. The molecule has 1 aliphatic heterocycles. The van der Waals surface area contributed by atoms with Crippen molar-refractivity contribution in [3.8, 4) is 0 Å². The van der Waals surface area contributed by atoms with Gasteiger partial charge in [-0.15, -0.1) is 0 Å². The van der Waals surface area contributed by atoms with Crippen LogP contribution < -0.4 is 10.0 Å². The highest BCUT2D eigenvalue weighted by molar-refractivity contribution is 7.89. The molecule has 0 bridgehead atoms. The Labute approximate surface area is 150 Å². The van der Waals surface area contributed by atoms with Gasteiger partial charge >= 0.3 is 0 Å². The largest absolute Gasteiger partial charge is 0.376 e. The second-order valence-corrected chi connectivity index (χ2v) is 7.74. The monoisotopic (exact) mass is 381 g/mol. The summed E-state index contributed by atoms with van der Waals surface area (Å²) in [5.41, 5.74) is 0.408. The molecule has 0 aliphatic carbocycles. The SMILES string of the molecule is CNS(=O)(=O)c1ccc(Nc2cnn(C[C@H]3CCCO3)c2)c([N+](=O)[O-])c1. The zero-order valence-electron chi connectivity index (χ0n) is 14.1. The molecule has 3 rings (SSSR count). The lowest BCUT2D eigenvalue weighted by molar-refractivity contribution is -0.384. The number of nitrogens with one attached hydrogen (secondary N) is 2. The first kappa shape index (κ1) is 18.3. The molecule has 11 heteroatoms. The van der Waals surface area contributed by atoms with Gasteiger partial charge in [0.05, 0.1) is 34.4 Å². The third-order valence-corrected chi connectivity index (χ3v) is 5.48. The minimum Gasteiger partial charge on any atom is -0.376 e. The quantitative estimate of drug-likeness (QED) is 0.551. The molecule has 1 saturated heterocycles. The summed E-state index contributed by atoms with van der Waals surface area (Å²) in [6.45, 7) is 1.37. The van der Waals surface area contributed by atoms with Gasteiger partial charge in [0.1, 0.15) is 5.69 Å². The van der Waals surface area contributed by atoms with Gasteiger partial charge in [0.25, 0.3) is 5.69 Å². The molecule has 0 amide bonds. The van der Waals surface area contributed by atoms with Gasteiger partial charge in [0.15, 0.2) is 0 Å². The highest BCUT2D eigenvalue weighted by Gasteiger charge is 2.21. The van der Waals surface area contributed by atoms with Crippen LogP contribution in [0.3, 0.4) is 0 Å². The second kappa shape index (κ2) is 7.40. The van der Waals surface area contributed by atoms with Gasteiger partial charge in [-0.1, -0.05) is 0 Å². The van der Waals surface area contributed by atoms with Gasteiger partial charge in [-0.2, -0.15) is 5.10 Å². The Morgan fingerprint density at radius 1 is 1.46 bits per heavy atom. The van der Waals surface area contributed by atoms with E-state index in [0.29, 0.717) is 12.2 Å². The van der Waals surface area contributed by atoms with Crippen molar-refractivity contribution in [3.05, 3.63) is 40.7 Å². The smallest absolute Gasteiger partial charge is 0.294 e. The van der Waals surface area contributed by atoms with E-state index < -0.39 is 14.9 Å². The topological polar surface area (TPSA) is 128 Å². The average Bonchev–Trinajstić information content (AvgIpc) is 3.27. The first-order valence-corrected chi connectivity index (χ1v) is 9.50. The molecule has 1 atom stereocenters. The van der Waals surface area contributed by atoms with E-state index in [-0.39, 0.29) is 22.4 Å². The molecular formula is C15H19N5O5S. The number of aromatic nitrogens is 2. The maximum absolute atomic E-state index is 11.8. The summed E-state index contributed by atoms with van der Waals surface area (Å²) < 4.78 is 33.1. The van der Waals surface area contributed by atoms with Crippen molar-refractivity contribution in [2.45, 2.75) is 30.4 Å². The second-order valence-electron chi connectivity index (χ2n) is 5.85. The minimum atomic E-state index is -3.77. The van der Waals surface area contributed by atoms with Crippen molar-refractivity contribution < 1.29 is 18.1 Å². The third-order valence-electron chi connectivity index (χ3n) is 4.07. The Morgan fingerprint density at radius 2 is 2.27 bits per heavy atom. The number of ether oxygens (including phenoxy) is 1. The molecule has 1 aromatic carbocycles. The number of anilines is 2. The van der Waals surface area contributed by atoms with Crippen molar-refractivity contribution in [2.24, 2.45) is 0 Å². The minimum absolute atomic E-state index is 0.128. The van der Waals surface area contributed by atoms with E-state index >= 15 is 0 Å². The lowest BCUT2D eigenvalue weighted by Gasteiger charge is -2.09. The van der Waals surface area contributed by atoms with Crippen molar-refractivity contribution in [1.82, 2.24) is 14.5 Å². The van der Waals surface area contributed by atoms with Crippen LogP contribution in [-0.4, -0.2) is 42.9 Å². The van der Waals surface area contributed by atoms with E-state index in [9.17, 15) is 18.5 Å². The van der Waals surface area contributed by atoms with Crippen LogP contribution in [0.1, 0.15) is 12.8 Å². The lowest BCUT2D eigenvalue weighted by atomic mass is 10.2. The Bertz CT molecular complexity index is 905. The predicted octanol–water partition coefficient (Wildman–Crippen LogP) is 1.62. The molecule has 1 aliphatic rings. The molecule has 26 heavy (non-hydrogen) atoms. The summed E-state index contributed by atoms with van der Waals surface area (Å²) in [5, 5.41) is 18.5. The van der Waals surface area contributed by atoms with Crippen LogP contribution in [0.5, 0.6) is 0 Å². The molecule has 0 spiro atoms. The molecule has 1 aromatic heterocycles. The van der Waals surface area contributed by atoms with Crippen molar-refractivity contribution in [3.63, 3.8) is 0 Å². The van der Waals surface area contributed by atoms with E-state index in [1.54, 1.807) is 17.1 Å². The van der Waals surface area contributed by atoms with E-state index in [1.165, 1.54) is 19.2 Å². The Hall–Kier alpha value is -2.50. The van der Waals surface area contributed by atoms with E-state index in [1.807, 2.05) is 0 Å². The summed E-state index contributed by atoms with van der Waals surface area (Å²) in [5.74, 6) is 0. The van der Waals surface area contributed by atoms with Crippen LogP contribution in [0, 0.1) is 10.1 Å². The highest BCUT2D eigenvalue weighted by Crippen LogP contribution is 2.30. The van der Waals surface area contributed by atoms with Crippen LogP contribution in [0.2, 0.25) is 0 Å². The first-order valence-electron chi connectivity index (χ1n) is 8.02. The zero-order valence-corrected chi connectivity index (χ0v) is 14.9. The number of hydrogen-bond donors (Lipinski definition) is 2. The van der Waals surface area contributed by atoms with Crippen LogP contribution in [0.4, 0.5) is 17.1 Å². The van der Waals surface area contributed by atoms with Crippen molar-refractivity contribution >= 4 is 27.1 Å². The summed E-state index contributed by atoms with van der Waals surface area (Å²) in [6, 6.07) is 3.68. The normalized spacial score (nSPS) is 17.3. The number of nitro groups is 1. The fourth-order valence-corrected chi connectivity index (χ4v) is 3.48. The number of nitro benzene ring substituents is 1. The van der Waals surface area contributed by atoms with Gasteiger partial charge in [-0.25, -0.2) is 13.1 Å². The number of nitrogens with zero attached hydrogens (tertiary/aromatic N) is 3. The fraction of sp³-hybridized carbons (Fsp3) is 0.400.